The summed E-state index contributed by atoms with van der Waals surface area (Å²) in [6, 6.07) is 0. The highest BCUT2D eigenvalue weighted by atomic mass is 31.0. The van der Waals surface area contributed by atoms with Gasteiger partial charge in [0.25, 0.3) is 5.92 Å². The zero-order chi connectivity index (χ0) is 9.19. The number of alkyl halides is 2. The van der Waals surface area contributed by atoms with Crippen LogP contribution in [0.3, 0.4) is 0 Å². The summed E-state index contributed by atoms with van der Waals surface area (Å²) in [7, 11) is 3.80. The summed E-state index contributed by atoms with van der Waals surface area (Å²) in [6.07, 6.45) is -1.93. The largest absolute Gasteiger partial charge is 0.366 e. The van der Waals surface area contributed by atoms with E-state index in [1.54, 1.807) is 0 Å². The van der Waals surface area contributed by atoms with Crippen molar-refractivity contribution >= 4 is 18.9 Å². The van der Waals surface area contributed by atoms with E-state index in [0.717, 1.165) is 0 Å². The maximum atomic E-state index is 12.9. The minimum atomic E-state index is -2.92. The van der Waals surface area contributed by atoms with Crippen LogP contribution in [0, 0.1) is 0 Å². The molecule has 7 heteroatoms. The van der Waals surface area contributed by atoms with Crippen molar-refractivity contribution in [3.05, 3.63) is 0 Å². The Balaban J connectivity index is 2.56. The molecule has 1 saturated heterocycles. The minimum absolute atomic E-state index is 0.0827. The van der Waals surface area contributed by atoms with E-state index in [0.29, 0.717) is 0 Å². The van der Waals surface area contributed by atoms with Crippen LogP contribution < -0.4 is 0 Å². The summed E-state index contributed by atoms with van der Waals surface area (Å²) in [4.78, 5) is 0. The summed E-state index contributed by atoms with van der Waals surface area (Å²) < 4.78 is 39.7. The van der Waals surface area contributed by atoms with Gasteiger partial charge >= 0.3 is 0 Å². The molecule has 1 rings (SSSR count). The van der Waals surface area contributed by atoms with Crippen LogP contribution >= 0.6 is 18.9 Å². The Morgan fingerprint density at radius 3 is 2.67 bits per heavy atom. The Morgan fingerprint density at radius 2 is 2.17 bits per heavy atom. The molecule has 0 saturated carbocycles. The molecule has 0 aromatic carbocycles. The molecule has 0 aliphatic carbocycles. The van der Waals surface area contributed by atoms with Crippen molar-refractivity contribution in [3.8, 4) is 0 Å². The Hall–Kier alpha value is 0.600. The highest BCUT2D eigenvalue weighted by Crippen LogP contribution is 2.34. The van der Waals surface area contributed by atoms with E-state index >= 15 is 0 Å². The van der Waals surface area contributed by atoms with Crippen molar-refractivity contribution in [3.63, 3.8) is 0 Å². The quantitative estimate of drug-likeness (QED) is 0.661. The van der Waals surface area contributed by atoms with Gasteiger partial charge in [-0.15, -0.1) is 0 Å². The number of ether oxygens (including phenoxy) is 1. The number of hydrogen-bond donors (Lipinski definition) is 0. The van der Waals surface area contributed by atoms with Gasteiger partial charge in [-0.1, -0.05) is 0 Å². The monoisotopic (exact) mass is 218 g/mol. The predicted octanol–water partition coefficient (Wildman–Crippen LogP) is 1.00. The number of hydrogen-bond acceptors (Lipinski definition) is 3. The lowest BCUT2D eigenvalue weighted by molar-refractivity contribution is -0.0649. The van der Waals surface area contributed by atoms with Crippen LogP contribution in [0.15, 0.2) is 0 Å². The molecule has 0 aromatic heterocycles. The van der Waals surface area contributed by atoms with Crippen LogP contribution in [0.2, 0.25) is 0 Å². The first-order valence-electron chi connectivity index (χ1n) is 3.28. The van der Waals surface area contributed by atoms with Gasteiger partial charge in [0.05, 0.1) is 6.61 Å². The van der Waals surface area contributed by atoms with Gasteiger partial charge in [-0.25, -0.2) is 8.78 Å². The average molecular weight is 218 g/mol. The molecule has 72 valence electrons. The molecular weight excluding hydrogens is 208 g/mol. The van der Waals surface area contributed by atoms with Gasteiger partial charge in [0.1, 0.15) is 12.7 Å². The standard InChI is InChI=1S/C5H10F2O3P2/c6-5(7)2-8-3(1-9-11)4(5)10-12/h3-4H,1-2,11-12H2/t3-,4?/m1/s1. The van der Waals surface area contributed by atoms with Crippen molar-refractivity contribution in [2.24, 2.45) is 0 Å². The number of rotatable bonds is 3. The molecule has 3 nitrogen and oxygen atoms in total. The molecule has 0 aromatic rings. The highest BCUT2D eigenvalue weighted by molar-refractivity contribution is 7.10. The van der Waals surface area contributed by atoms with Gasteiger partial charge in [0.15, 0.2) is 6.10 Å². The van der Waals surface area contributed by atoms with E-state index in [1.807, 2.05) is 18.9 Å². The minimum Gasteiger partial charge on any atom is -0.366 e. The fraction of sp³-hybridized carbons (Fsp3) is 1.00. The van der Waals surface area contributed by atoms with Gasteiger partial charge < -0.3 is 13.8 Å². The molecular formula is C5H10F2O3P2. The van der Waals surface area contributed by atoms with Crippen LogP contribution in [-0.2, 0) is 13.8 Å². The maximum absolute atomic E-state index is 12.9. The molecule has 0 bridgehead atoms. The lowest BCUT2D eigenvalue weighted by atomic mass is 10.1. The fourth-order valence-corrected chi connectivity index (χ4v) is 1.64. The molecule has 3 unspecified atom stereocenters. The Morgan fingerprint density at radius 1 is 1.50 bits per heavy atom. The third-order valence-corrected chi connectivity index (χ3v) is 2.14. The van der Waals surface area contributed by atoms with Gasteiger partial charge in [-0.3, -0.25) is 0 Å². The Kier molecular flexibility index (Phi) is 3.74. The van der Waals surface area contributed by atoms with Crippen molar-refractivity contribution in [1.82, 2.24) is 0 Å². The first-order valence-corrected chi connectivity index (χ1v) is 4.22. The third-order valence-electron chi connectivity index (χ3n) is 1.65. The molecule has 12 heavy (non-hydrogen) atoms. The van der Waals surface area contributed by atoms with E-state index in [-0.39, 0.29) is 6.61 Å². The Bertz CT molecular complexity index is 158. The molecule has 1 aliphatic heterocycles. The topological polar surface area (TPSA) is 27.7 Å². The van der Waals surface area contributed by atoms with E-state index in [2.05, 4.69) is 9.05 Å². The van der Waals surface area contributed by atoms with Crippen molar-refractivity contribution in [1.29, 1.82) is 0 Å². The van der Waals surface area contributed by atoms with E-state index in [9.17, 15) is 8.78 Å². The maximum Gasteiger partial charge on any atom is 0.299 e. The summed E-state index contributed by atoms with van der Waals surface area (Å²) in [5, 5.41) is 0. The van der Waals surface area contributed by atoms with Gasteiger partial charge in [0.2, 0.25) is 0 Å². The lowest BCUT2D eigenvalue weighted by Gasteiger charge is -2.19. The van der Waals surface area contributed by atoms with Crippen LogP contribution in [0.5, 0.6) is 0 Å². The molecule has 0 amide bonds. The molecule has 0 spiro atoms. The van der Waals surface area contributed by atoms with Crippen LogP contribution in [-0.4, -0.2) is 31.3 Å². The third kappa shape index (κ3) is 2.09. The van der Waals surface area contributed by atoms with Crippen LogP contribution in [0.1, 0.15) is 0 Å². The lowest BCUT2D eigenvalue weighted by Crippen LogP contribution is -2.37. The second kappa shape index (κ2) is 4.21. The first-order chi connectivity index (χ1) is 5.61. The van der Waals surface area contributed by atoms with Crippen LogP contribution in [0.4, 0.5) is 8.78 Å². The SMILES string of the molecule is FC1(F)CO[C@H](COP)C1OP. The number of halogens is 2. The van der Waals surface area contributed by atoms with Gasteiger partial charge in [-0.05, 0) is 0 Å². The highest BCUT2D eigenvalue weighted by Gasteiger charge is 2.52. The molecule has 0 N–H and O–H groups in total. The van der Waals surface area contributed by atoms with E-state index in [4.69, 9.17) is 4.74 Å². The smallest absolute Gasteiger partial charge is 0.299 e. The van der Waals surface area contributed by atoms with E-state index < -0.39 is 24.7 Å². The molecule has 1 aliphatic rings. The van der Waals surface area contributed by atoms with Crippen molar-refractivity contribution < 1.29 is 22.6 Å². The molecule has 1 heterocycles. The van der Waals surface area contributed by atoms with Crippen molar-refractivity contribution in [2.45, 2.75) is 18.1 Å². The zero-order valence-electron chi connectivity index (χ0n) is 6.20. The van der Waals surface area contributed by atoms with E-state index in [1.165, 1.54) is 0 Å². The molecule has 4 atom stereocenters. The van der Waals surface area contributed by atoms with Gasteiger partial charge in [0, 0.05) is 18.9 Å². The zero-order valence-corrected chi connectivity index (χ0v) is 8.51. The fourth-order valence-electron chi connectivity index (χ4n) is 1.08. The summed E-state index contributed by atoms with van der Waals surface area (Å²) in [6.45, 7) is -0.524. The summed E-state index contributed by atoms with van der Waals surface area (Å²) in [5.41, 5.74) is 0. The van der Waals surface area contributed by atoms with Crippen molar-refractivity contribution in [2.75, 3.05) is 13.2 Å². The predicted molar refractivity (Wildman–Crippen MR) is 44.9 cm³/mol. The first kappa shape index (κ1) is 10.7. The average Bonchev–Trinajstić information content (AvgIpc) is 2.27. The Labute approximate surface area is 73.7 Å². The molecule has 0 radical (unpaired) electrons. The van der Waals surface area contributed by atoms with Crippen LogP contribution in [0.25, 0.3) is 0 Å². The normalized spacial score (nSPS) is 34.0. The second-order valence-corrected chi connectivity index (χ2v) is 3.11. The summed E-state index contributed by atoms with van der Waals surface area (Å²) in [5.74, 6) is -2.92. The summed E-state index contributed by atoms with van der Waals surface area (Å²) >= 11 is 0. The second-order valence-electron chi connectivity index (χ2n) is 2.50. The molecule has 1 fully saturated rings. The van der Waals surface area contributed by atoms with Gasteiger partial charge in [-0.2, -0.15) is 0 Å².